The smallest absolute Gasteiger partial charge is 0.332 e. The number of thioether (sulfide) groups is 1. The van der Waals surface area contributed by atoms with Crippen LogP contribution in [0.2, 0.25) is 0 Å². The minimum atomic E-state index is -0.447. The number of hydrogen-bond acceptors (Lipinski definition) is 10. The zero-order valence-electron chi connectivity index (χ0n) is 19.0. The van der Waals surface area contributed by atoms with Gasteiger partial charge in [0.15, 0.2) is 5.65 Å². The van der Waals surface area contributed by atoms with Crippen LogP contribution < -0.4 is 21.9 Å². The highest BCUT2D eigenvalue weighted by Crippen LogP contribution is 2.36. The van der Waals surface area contributed by atoms with E-state index in [-0.39, 0.29) is 22.0 Å². The van der Waals surface area contributed by atoms with E-state index in [1.54, 1.807) is 11.9 Å². The van der Waals surface area contributed by atoms with Crippen molar-refractivity contribution in [1.29, 1.82) is 0 Å². The van der Waals surface area contributed by atoms with Crippen molar-refractivity contribution in [2.45, 2.75) is 43.4 Å². The summed E-state index contributed by atoms with van der Waals surface area (Å²) in [5.41, 5.74) is 4.88. The van der Waals surface area contributed by atoms with Crippen LogP contribution in [0.15, 0.2) is 14.6 Å². The van der Waals surface area contributed by atoms with E-state index in [0.29, 0.717) is 28.3 Å². The fourth-order valence-corrected chi connectivity index (χ4v) is 3.83. The van der Waals surface area contributed by atoms with Crippen molar-refractivity contribution >= 4 is 34.7 Å². The number of fused-ring (bicyclic) bond motifs is 1. The lowest BCUT2D eigenvalue weighted by molar-refractivity contribution is 0.539. The minimum absolute atomic E-state index is 0.113. The molecule has 0 bridgehead atoms. The quantitative estimate of drug-likeness (QED) is 0.457. The number of anilines is 2. The number of hydrogen-bond donors (Lipinski definition) is 1. The van der Waals surface area contributed by atoms with Crippen LogP contribution in [0.5, 0.6) is 0 Å². The molecule has 0 radical (unpaired) electrons. The average Bonchev–Trinajstić information content (AvgIpc) is 2.68. The first-order valence-corrected chi connectivity index (χ1v) is 10.5. The normalized spacial score (nSPS) is 12.9. The van der Waals surface area contributed by atoms with E-state index in [2.05, 4.69) is 19.9 Å². The van der Waals surface area contributed by atoms with Crippen LogP contribution in [-0.2, 0) is 19.5 Å². The van der Waals surface area contributed by atoms with Crippen molar-refractivity contribution in [1.82, 2.24) is 34.1 Å². The molecule has 3 aromatic rings. The number of rotatable bonds is 4. The highest BCUT2D eigenvalue weighted by molar-refractivity contribution is 7.99. The van der Waals surface area contributed by atoms with Crippen LogP contribution in [0.1, 0.15) is 44.6 Å². The Hall–Kier alpha value is -3.02. The molecule has 3 heterocycles. The zero-order valence-corrected chi connectivity index (χ0v) is 19.8. The van der Waals surface area contributed by atoms with E-state index in [1.165, 1.54) is 23.4 Å². The second-order valence-corrected chi connectivity index (χ2v) is 9.84. The predicted molar refractivity (Wildman–Crippen MR) is 122 cm³/mol. The summed E-state index contributed by atoms with van der Waals surface area (Å²) in [6.07, 6.45) is 0. The van der Waals surface area contributed by atoms with E-state index < -0.39 is 11.2 Å². The van der Waals surface area contributed by atoms with Gasteiger partial charge in [0.25, 0.3) is 5.56 Å². The highest BCUT2D eigenvalue weighted by Gasteiger charge is 2.25. The Morgan fingerprint density at radius 3 is 2.23 bits per heavy atom. The molecule has 1 unspecified atom stereocenters. The maximum absolute atomic E-state index is 13.0. The Morgan fingerprint density at radius 1 is 1.00 bits per heavy atom. The third kappa shape index (κ3) is 4.24. The van der Waals surface area contributed by atoms with Crippen LogP contribution in [0.4, 0.5) is 11.9 Å². The van der Waals surface area contributed by atoms with Crippen molar-refractivity contribution in [3.8, 4) is 0 Å². The zero-order chi connectivity index (χ0) is 23.2. The van der Waals surface area contributed by atoms with Gasteiger partial charge >= 0.3 is 5.69 Å². The molecule has 0 saturated carbocycles. The maximum atomic E-state index is 13.0. The molecule has 2 N–H and O–H groups in total. The van der Waals surface area contributed by atoms with Gasteiger partial charge in [0.05, 0.1) is 5.25 Å². The molecule has 0 saturated heterocycles. The molecule has 3 rings (SSSR count). The molecular formula is C19H27N9O2S. The summed E-state index contributed by atoms with van der Waals surface area (Å²) < 4.78 is 2.43. The lowest BCUT2D eigenvalue weighted by atomic mass is 9.96. The highest BCUT2D eigenvalue weighted by atomic mass is 32.2. The molecule has 12 heteroatoms. The molecule has 166 valence electrons. The lowest BCUT2D eigenvalue weighted by Gasteiger charge is -2.20. The summed E-state index contributed by atoms with van der Waals surface area (Å²) in [6, 6.07) is 0. The second kappa shape index (κ2) is 7.91. The number of nitrogens with zero attached hydrogens (tertiary/aromatic N) is 8. The summed E-state index contributed by atoms with van der Waals surface area (Å²) in [5, 5.41) is 0.449. The maximum Gasteiger partial charge on any atom is 0.332 e. The molecule has 0 amide bonds. The second-order valence-electron chi connectivity index (χ2n) is 8.51. The van der Waals surface area contributed by atoms with Crippen LogP contribution in [0, 0.1) is 0 Å². The molecule has 0 fully saturated rings. The minimum Gasteiger partial charge on any atom is -0.368 e. The third-order valence-corrected chi connectivity index (χ3v) is 5.73. The number of aryl methyl sites for hydroxylation is 1. The SMILES string of the molecule is CC(Sc1nc(C(C)(C)C)nc2c1c(=O)n(C)c(=O)n2C)c1nc(N)nc(N(C)C)n1. The standard InChI is InChI=1S/C19H27N9O2S/c1-9(11-21-16(20)25-17(22-11)26(5)6)31-13-10-12(23-15(24-13)19(2,3)4)27(7)18(30)28(8)14(10)29/h9H,1-8H3,(H2,20,21,22,25). The molecule has 0 aromatic carbocycles. The van der Waals surface area contributed by atoms with Crippen molar-refractivity contribution in [3.05, 3.63) is 32.5 Å². The summed E-state index contributed by atoms with van der Waals surface area (Å²) in [4.78, 5) is 49.3. The Bertz CT molecular complexity index is 1270. The first-order chi connectivity index (χ1) is 14.3. The lowest BCUT2D eigenvalue weighted by Crippen LogP contribution is -2.38. The largest absolute Gasteiger partial charge is 0.368 e. The van der Waals surface area contributed by atoms with Crippen molar-refractivity contribution in [3.63, 3.8) is 0 Å². The van der Waals surface area contributed by atoms with Gasteiger partial charge in [-0.2, -0.15) is 15.0 Å². The van der Waals surface area contributed by atoms with Crippen molar-refractivity contribution in [2.24, 2.45) is 14.1 Å². The van der Waals surface area contributed by atoms with Crippen LogP contribution in [0.25, 0.3) is 11.0 Å². The van der Waals surface area contributed by atoms with E-state index in [9.17, 15) is 9.59 Å². The fraction of sp³-hybridized carbons (Fsp3) is 0.526. The Balaban J connectivity index is 2.24. The summed E-state index contributed by atoms with van der Waals surface area (Å²) in [6.45, 7) is 7.82. The monoisotopic (exact) mass is 445 g/mol. The number of aromatic nitrogens is 7. The average molecular weight is 446 g/mol. The van der Waals surface area contributed by atoms with Crippen LogP contribution in [0.3, 0.4) is 0 Å². The molecule has 0 aliphatic heterocycles. The predicted octanol–water partition coefficient (Wildman–Crippen LogP) is 1.01. The molecule has 1 atom stereocenters. The Morgan fingerprint density at radius 2 is 1.65 bits per heavy atom. The summed E-state index contributed by atoms with van der Waals surface area (Å²) >= 11 is 1.32. The van der Waals surface area contributed by atoms with Crippen molar-refractivity contribution in [2.75, 3.05) is 24.7 Å². The van der Waals surface area contributed by atoms with Gasteiger partial charge in [-0.25, -0.2) is 14.8 Å². The fourth-order valence-electron chi connectivity index (χ4n) is 2.85. The first kappa shape index (κ1) is 22.7. The topological polar surface area (TPSA) is 138 Å². The van der Waals surface area contributed by atoms with Crippen LogP contribution >= 0.6 is 11.8 Å². The van der Waals surface area contributed by atoms with Gasteiger partial charge in [-0.15, -0.1) is 0 Å². The van der Waals surface area contributed by atoms with E-state index in [4.69, 9.17) is 10.7 Å². The van der Waals surface area contributed by atoms with Crippen LogP contribution in [-0.4, -0.2) is 48.1 Å². The third-order valence-electron chi connectivity index (χ3n) is 4.65. The van der Waals surface area contributed by atoms with Gasteiger partial charge in [-0.1, -0.05) is 32.5 Å². The van der Waals surface area contributed by atoms with Crippen molar-refractivity contribution < 1.29 is 0 Å². The van der Waals surface area contributed by atoms with E-state index >= 15 is 0 Å². The van der Waals surface area contributed by atoms with E-state index in [1.807, 2.05) is 41.8 Å². The summed E-state index contributed by atoms with van der Waals surface area (Å²) in [5.74, 6) is 1.55. The molecule has 11 nitrogen and oxygen atoms in total. The first-order valence-electron chi connectivity index (χ1n) is 9.65. The van der Waals surface area contributed by atoms with Gasteiger partial charge in [0.1, 0.15) is 22.1 Å². The number of nitrogen functional groups attached to an aromatic ring is 1. The molecule has 0 aliphatic carbocycles. The Kier molecular flexibility index (Phi) is 5.78. The molecular weight excluding hydrogens is 418 g/mol. The molecule has 0 aliphatic rings. The van der Waals surface area contributed by atoms with E-state index in [0.717, 1.165) is 4.57 Å². The van der Waals surface area contributed by atoms with Gasteiger partial charge in [-0.3, -0.25) is 13.9 Å². The number of nitrogens with two attached hydrogens (primary N) is 1. The summed E-state index contributed by atoms with van der Waals surface area (Å²) in [7, 11) is 6.66. The van der Waals surface area contributed by atoms with Gasteiger partial charge in [0.2, 0.25) is 11.9 Å². The molecule has 31 heavy (non-hydrogen) atoms. The Labute approximate surface area is 183 Å². The van der Waals surface area contributed by atoms with Gasteiger partial charge < -0.3 is 10.6 Å². The van der Waals surface area contributed by atoms with Gasteiger partial charge in [-0.05, 0) is 6.92 Å². The molecule has 0 spiro atoms. The van der Waals surface area contributed by atoms with Gasteiger partial charge in [0, 0.05) is 33.6 Å². The molecule has 3 aromatic heterocycles.